The molecule has 1 aromatic heterocycles. The Morgan fingerprint density at radius 1 is 1.11 bits per heavy atom. The summed E-state index contributed by atoms with van der Waals surface area (Å²) in [6, 6.07) is 15.2. The zero-order valence-corrected chi connectivity index (χ0v) is 10.5. The van der Waals surface area contributed by atoms with Gasteiger partial charge in [0.05, 0.1) is 5.56 Å². The lowest BCUT2D eigenvalue weighted by Gasteiger charge is -1.99. The summed E-state index contributed by atoms with van der Waals surface area (Å²) in [7, 11) is 0. The number of aromatic nitrogens is 1. The van der Waals surface area contributed by atoms with Gasteiger partial charge >= 0.3 is 5.97 Å². The van der Waals surface area contributed by atoms with Crippen molar-refractivity contribution >= 4 is 16.9 Å². The van der Waals surface area contributed by atoms with Crippen molar-refractivity contribution in [2.24, 2.45) is 0 Å². The van der Waals surface area contributed by atoms with Crippen LogP contribution in [0.3, 0.4) is 0 Å². The highest BCUT2D eigenvalue weighted by Crippen LogP contribution is 2.25. The molecule has 0 spiro atoms. The number of aromatic amines is 1. The summed E-state index contributed by atoms with van der Waals surface area (Å²) in [6.45, 7) is 2.05. The highest BCUT2D eigenvalue weighted by Gasteiger charge is 2.07. The SMILES string of the molecule is Cc1ccc2[nH]c(-c3cccc(C(=O)O)c3)cc2c1. The molecule has 2 aromatic carbocycles. The maximum atomic E-state index is 11.0. The smallest absolute Gasteiger partial charge is 0.335 e. The zero-order valence-electron chi connectivity index (χ0n) is 10.5. The minimum absolute atomic E-state index is 0.298. The van der Waals surface area contributed by atoms with Crippen LogP contribution in [0.5, 0.6) is 0 Å². The number of fused-ring (bicyclic) bond motifs is 1. The third kappa shape index (κ3) is 2.10. The van der Waals surface area contributed by atoms with Gasteiger partial charge in [-0.05, 0) is 42.8 Å². The molecule has 3 heteroatoms. The maximum absolute atomic E-state index is 11.0. The molecular weight excluding hydrogens is 238 g/mol. The van der Waals surface area contributed by atoms with Crippen LogP contribution in [0.4, 0.5) is 0 Å². The first-order valence-corrected chi connectivity index (χ1v) is 6.06. The molecule has 0 aliphatic heterocycles. The van der Waals surface area contributed by atoms with Gasteiger partial charge in [-0.1, -0.05) is 23.8 Å². The van der Waals surface area contributed by atoms with Crippen molar-refractivity contribution < 1.29 is 9.90 Å². The quantitative estimate of drug-likeness (QED) is 0.727. The fourth-order valence-corrected chi connectivity index (χ4v) is 2.23. The van der Waals surface area contributed by atoms with Gasteiger partial charge in [0, 0.05) is 16.6 Å². The summed E-state index contributed by atoms with van der Waals surface area (Å²) in [4.78, 5) is 14.3. The van der Waals surface area contributed by atoms with Crippen LogP contribution in [0.25, 0.3) is 22.2 Å². The Balaban J connectivity index is 2.13. The average Bonchev–Trinajstić information content (AvgIpc) is 2.81. The highest BCUT2D eigenvalue weighted by atomic mass is 16.4. The molecule has 0 saturated heterocycles. The van der Waals surface area contributed by atoms with Crippen molar-refractivity contribution in [1.82, 2.24) is 4.98 Å². The summed E-state index contributed by atoms with van der Waals surface area (Å²) < 4.78 is 0. The summed E-state index contributed by atoms with van der Waals surface area (Å²) >= 11 is 0. The number of aromatic carboxylic acids is 1. The molecule has 0 unspecified atom stereocenters. The molecule has 0 saturated carbocycles. The van der Waals surface area contributed by atoms with Gasteiger partial charge in [-0.3, -0.25) is 0 Å². The van der Waals surface area contributed by atoms with E-state index < -0.39 is 5.97 Å². The van der Waals surface area contributed by atoms with E-state index in [2.05, 4.69) is 24.0 Å². The third-order valence-electron chi connectivity index (χ3n) is 3.20. The molecule has 0 amide bonds. The van der Waals surface area contributed by atoms with Crippen molar-refractivity contribution in [2.45, 2.75) is 6.92 Å². The van der Waals surface area contributed by atoms with Gasteiger partial charge in [0.15, 0.2) is 0 Å². The van der Waals surface area contributed by atoms with Crippen LogP contribution < -0.4 is 0 Å². The molecule has 3 aromatic rings. The van der Waals surface area contributed by atoms with Gasteiger partial charge in [0.1, 0.15) is 0 Å². The number of hydrogen-bond acceptors (Lipinski definition) is 1. The molecule has 0 aliphatic rings. The molecular formula is C16H13NO2. The van der Waals surface area contributed by atoms with E-state index in [1.54, 1.807) is 18.2 Å². The predicted molar refractivity (Wildman–Crippen MR) is 75.4 cm³/mol. The van der Waals surface area contributed by atoms with Crippen molar-refractivity contribution in [1.29, 1.82) is 0 Å². The van der Waals surface area contributed by atoms with E-state index in [0.29, 0.717) is 5.56 Å². The average molecular weight is 251 g/mol. The van der Waals surface area contributed by atoms with E-state index in [1.807, 2.05) is 18.2 Å². The molecule has 3 rings (SSSR count). The maximum Gasteiger partial charge on any atom is 0.335 e. The van der Waals surface area contributed by atoms with E-state index in [0.717, 1.165) is 22.2 Å². The van der Waals surface area contributed by atoms with Crippen LogP contribution in [0, 0.1) is 6.92 Å². The fraction of sp³-hybridized carbons (Fsp3) is 0.0625. The standard InChI is InChI=1S/C16H13NO2/c1-10-5-6-14-13(7-10)9-15(17-14)11-3-2-4-12(8-11)16(18)19/h2-9,17H,1H3,(H,18,19). The number of rotatable bonds is 2. The van der Waals surface area contributed by atoms with Crippen molar-refractivity contribution in [3.8, 4) is 11.3 Å². The Hall–Kier alpha value is -2.55. The molecule has 0 atom stereocenters. The third-order valence-corrected chi connectivity index (χ3v) is 3.20. The lowest BCUT2D eigenvalue weighted by Crippen LogP contribution is -1.95. The van der Waals surface area contributed by atoms with Crippen LogP contribution in [-0.4, -0.2) is 16.1 Å². The van der Waals surface area contributed by atoms with Gasteiger partial charge in [0.25, 0.3) is 0 Å². The second-order valence-corrected chi connectivity index (χ2v) is 4.66. The molecule has 2 N–H and O–H groups in total. The molecule has 3 nitrogen and oxygen atoms in total. The highest BCUT2D eigenvalue weighted by molar-refractivity contribution is 5.91. The topological polar surface area (TPSA) is 53.1 Å². The summed E-state index contributed by atoms with van der Waals surface area (Å²) in [5.74, 6) is -0.909. The molecule has 19 heavy (non-hydrogen) atoms. The number of aryl methyl sites for hydroxylation is 1. The normalized spacial score (nSPS) is 10.8. The van der Waals surface area contributed by atoms with Crippen LogP contribution in [0.15, 0.2) is 48.5 Å². The molecule has 0 aliphatic carbocycles. The summed E-state index contributed by atoms with van der Waals surface area (Å²) in [6.07, 6.45) is 0. The Morgan fingerprint density at radius 2 is 1.95 bits per heavy atom. The van der Waals surface area contributed by atoms with Crippen LogP contribution in [0.2, 0.25) is 0 Å². The van der Waals surface area contributed by atoms with Crippen LogP contribution in [-0.2, 0) is 0 Å². The monoisotopic (exact) mass is 251 g/mol. The van der Waals surface area contributed by atoms with E-state index in [9.17, 15) is 4.79 Å². The molecule has 0 fully saturated rings. The largest absolute Gasteiger partial charge is 0.478 e. The lowest BCUT2D eigenvalue weighted by molar-refractivity contribution is 0.0697. The van der Waals surface area contributed by atoms with Crippen molar-refractivity contribution in [2.75, 3.05) is 0 Å². The van der Waals surface area contributed by atoms with E-state index in [4.69, 9.17) is 5.11 Å². The Kier molecular flexibility index (Phi) is 2.60. The number of carboxylic acids is 1. The Labute approximate surface area is 110 Å². The number of H-pyrrole nitrogens is 1. The first-order valence-electron chi connectivity index (χ1n) is 6.06. The van der Waals surface area contributed by atoms with E-state index >= 15 is 0 Å². The molecule has 0 radical (unpaired) electrons. The number of nitrogens with one attached hydrogen (secondary N) is 1. The van der Waals surface area contributed by atoms with E-state index in [-0.39, 0.29) is 0 Å². The van der Waals surface area contributed by atoms with Crippen molar-refractivity contribution in [3.63, 3.8) is 0 Å². The Bertz CT molecular complexity index is 771. The summed E-state index contributed by atoms with van der Waals surface area (Å²) in [5.41, 5.74) is 4.38. The van der Waals surface area contributed by atoms with Gasteiger partial charge in [-0.15, -0.1) is 0 Å². The molecule has 94 valence electrons. The molecule has 0 bridgehead atoms. The number of carbonyl (C=O) groups is 1. The molecule has 1 heterocycles. The fourth-order valence-electron chi connectivity index (χ4n) is 2.23. The second-order valence-electron chi connectivity index (χ2n) is 4.66. The van der Waals surface area contributed by atoms with Gasteiger partial charge < -0.3 is 10.1 Å². The Morgan fingerprint density at radius 3 is 2.74 bits per heavy atom. The lowest BCUT2D eigenvalue weighted by atomic mass is 10.1. The van der Waals surface area contributed by atoms with Gasteiger partial charge in [0.2, 0.25) is 0 Å². The minimum Gasteiger partial charge on any atom is -0.478 e. The zero-order chi connectivity index (χ0) is 13.4. The predicted octanol–water partition coefficient (Wildman–Crippen LogP) is 3.84. The minimum atomic E-state index is -0.909. The first kappa shape index (κ1) is 11.5. The number of hydrogen-bond donors (Lipinski definition) is 2. The van der Waals surface area contributed by atoms with Crippen molar-refractivity contribution in [3.05, 3.63) is 59.7 Å². The van der Waals surface area contributed by atoms with Gasteiger partial charge in [-0.25, -0.2) is 4.79 Å². The van der Waals surface area contributed by atoms with Gasteiger partial charge in [-0.2, -0.15) is 0 Å². The first-order chi connectivity index (χ1) is 9.13. The van der Waals surface area contributed by atoms with Crippen LogP contribution >= 0.6 is 0 Å². The summed E-state index contributed by atoms with van der Waals surface area (Å²) in [5, 5.41) is 10.2. The second kappa shape index (κ2) is 4.28. The number of benzene rings is 2. The van der Waals surface area contributed by atoms with E-state index in [1.165, 1.54) is 5.56 Å². The van der Waals surface area contributed by atoms with Crippen LogP contribution in [0.1, 0.15) is 15.9 Å². The number of carboxylic acid groups (broad SMARTS) is 1.